The molecule has 1 aromatic carbocycles. The number of halogens is 4. The van der Waals surface area contributed by atoms with Crippen LogP contribution in [0.5, 0.6) is 5.75 Å². The van der Waals surface area contributed by atoms with Crippen molar-refractivity contribution in [2.45, 2.75) is 39.1 Å². The number of nitrogens with zero attached hydrogens (tertiary/aromatic N) is 3. The third kappa shape index (κ3) is 3.82. The molecule has 0 radical (unpaired) electrons. The Hall–Kier alpha value is -2.58. The molecule has 1 saturated carbocycles. The van der Waals surface area contributed by atoms with E-state index in [0.29, 0.717) is 36.8 Å². The van der Waals surface area contributed by atoms with Crippen LogP contribution < -0.4 is 4.74 Å². The first-order valence-corrected chi connectivity index (χ1v) is 9.46. The maximum Gasteiger partial charge on any atom is 0.394 e. The van der Waals surface area contributed by atoms with E-state index in [1.165, 1.54) is 25.1 Å². The van der Waals surface area contributed by atoms with Gasteiger partial charge in [-0.15, -0.1) is 0 Å². The lowest BCUT2D eigenvalue weighted by molar-refractivity contribution is -0.256. The number of amides is 1. The summed E-state index contributed by atoms with van der Waals surface area (Å²) in [6, 6.07) is 7.35. The summed E-state index contributed by atoms with van der Waals surface area (Å²) < 4.78 is 59.3. The minimum atomic E-state index is -4.20. The second kappa shape index (κ2) is 7.03. The maximum absolute atomic E-state index is 13.2. The maximum atomic E-state index is 13.2. The van der Waals surface area contributed by atoms with E-state index in [0.717, 1.165) is 0 Å². The Morgan fingerprint density at radius 2 is 2.00 bits per heavy atom. The third-order valence-corrected chi connectivity index (χ3v) is 5.74. The molecule has 2 aliphatic rings. The molecule has 0 unspecified atom stereocenters. The SMILES string of the molecule is CC1(C(F)(F)F)CC(CN2CCn3nc(COc4cccc(F)c4)cc3C2=O)C1. The Bertz CT molecular complexity index is 919. The Morgan fingerprint density at radius 1 is 1.24 bits per heavy atom. The fourth-order valence-corrected chi connectivity index (χ4v) is 4.14. The molecular weight excluding hydrogens is 390 g/mol. The van der Waals surface area contributed by atoms with Gasteiger partial charge < -0.3 is 9.64 Å². The molecule has 1 amide bonds. The molecule has 0 spiro atoms. The molecule has 156 valence electrons. The molecule has 29 heavy (non-hydrogen) atoms. The summed E-state index contributed by atoms with van der Waals surface area (Å²) in [6.07, 6.45) is -4.11. The molecule has 0 bridgehead atoms. The summed E-state index contributed by atoms with van der Waals surface area (Å²) in [7, 11) is 0. The van der Waals surface area contributed by atoms with Crippen molar-refractivity contribution in [3.05, 3.63) is 47.5 Å². The Morgan fingerprint density at radius 3 is 2.69 bits per heavy atom. The number of alkyl halides is 3. The Labute approximate surface area is 165 Å². The molecule has 1 aliphatic heterocycles. The molecule has 2 aromatic rings. The molecule has 1 aliphatic carbocycles. The predicted molar refractivity (Wildman–Crippen MR) is 95.7 cm³/mol. The van der Waals surface area contributed by atoms with Crippen molar-refractivity contribution in [2.75, 3.05) is 13.1 Å². The van der Waals surface area contributed by atoms with Crippen LogP contribution in [0.3, 0.4) is 0 Å². The minimum Gasteiger partial charge on any atom is -0.487 e. The molecule has 2 heterocycles. The number of carbonyl (C=O) groups excluding carboxylic acids is 1. The van der Waals surface area contributed by atoms with Crippen LogP contribution in [0.2, 0.25) is 0 Å². The number of fused-ring (bicyclic) bond motifs is 1. The fourth-order valence-electron chi connectivity index (χ4n) is 4.14. The Kier molecular flexibility index (Phi) is 4.78. The van der Waals surface area contributed by atoms with Gasteiger partial charge in [0.05, 0.1) is 12.0 Å². The predicted octanol–water partition coefficient (Wildman–Crippen LogP) is 4.04. The van der Waals surface area contributed by atoms with Crippen molar-refractivity contribution in [1.29, 1.82) is 0 Å². The van der Waals surface area contributed by atoms with Crippen LogP contribution in [0.15, 0.2) is 30.3 Å². The van der Waals surface area contributed by atoms with Crippen LogP contribution in [-0.4, -0.2) is 39.9 Å². The van der Waals surface area contributed by atoms with Gasteiger partial charge >= 0.3 is 6.18 Å². The van der Waals surface area contributed by atoms with Gasteiger partial charge in [0.2, 0.25) is 0 Å². The van der Waals surface area contributed by atoms with Gasteiger partial charge in [-0.3, -0.25) is 9.48 Å². The van der Waals surface area contributed by atoms with Crippen molar-refractivity contribution in [2.24, 2.45) is 11.3 Å². The minimum absolute atomic E-state index is 0.0479. The molecule has 5 nitrogen and oxygen atoms in total. The zero-order valence-electron chi connectivity index (χ0n) is 15.9. The smallest absolute Gasteiger partial charge is 0.394 e. The number of hydrogen-bond acceptors (Lipinski definition) is 3. The lowest BCUT2D eigenvalue weighted by Gasteiger charge is -2.47. The second-order valence-electron chi connectivity index (χ2n) is 8.07. The third-order valence-electron chi connectivity index (χ3n) is 5.74. The monoisotopic (exact) mass is 411 g/mol. The van der Waals surface area contributed by atoms with Gasteiger partial charge in [-0.05, 0) is 37.0 Å². The summed E-state index contributed by atoms with van der Waals surface area (Å²) >= 11 is 0. The molecule has 4 rings (SSSR count). The number of hydrogen-bond donors (Lipinski definition) is 0. The van der Waals surface area contributed by atoms with Gasteiger partial charge in [-0.2, -0.15) is 18.3 Å². The standard InChI is InChI=1S/C20H21F4N3O2/c1-19(20(22,23)24)9-13(10-19)11-26-5-6-27-17(18(26)28)8-15(25-27)12-29-16-4-2-3-14(21)7-16/h2-4,7-8,13H,5-6,9-12H2,1H3. The number of ether oxygens (including phenoxy) is 1. The molecule has 0 atom stereocenters. The van der Waals surface area contributed by atoms with Gasteiger partial charge in [0.25, 0.3) is 5.91 Å². The molecule has 1 aromatic heterocycles. The highest BCUT2D eigenvalue weighted by Gasteiger charge is 2.58. The molecule has 0 N–H and O–H groups in total. The molecule has 1 fully saturated rings. The van der Waals surface area contributed by atoms with Crippen LogP contribution in [0.25, 0.3) is 0 Å². The topological polar surface area (TPSA) is 47.4 Å². The number of rotatable bonds is 5. The van der Waals surface area contributed by atoms with E-state index in [2.05, 4.69) is 5.10 Å². The van der Waals surface area contributed by atoms with Crippen molar-refractivity contribution < 1.29 is 27.1 Å². The van der Waals surface area contributed by atoms with Gasteiger partial charge in [0, 0.05) is 19.2 Å². The zero-order valence-corrected chi connectivity index (χ0v) is 15.9. The van der Waals surface area contributed by atoms with Gasteiger partial charge in [-0.1, -0.05) is 13.0 Å². The van der Waals surface area contributed by atoms with Crippen molar-refractivity contribution >= 4 is 5.91 Å². The van der Waals surface area contributed by atoms with E-state index in [1.807, 2.05) is 0 Å². The van der Waals surface area contributed by atoms with Crippen molar-refractivity contribution in [1.82, 2.24) is 14.7 Å². The highest BCUT2D eigenvalue weighted by Crippen LogP contribution is 2.55. The van der Waals surface area contributed by atoms with Gasteiger partial charge in [-0.25, -0.2) is 4.39 Å². The number of benzene rings is 1. The Balaban J connectivity index is 1.36. The van der Waals surface area contributed by atoms with E-state index < -0.39 is 17.4 Å². The van der Waals surface area contributed by atoms with E-state index in [4.69, 9.17) is 4.74 Å². The highest BCUT2D eigenvalue weighted by molar-refractivity contribution is 5.93. The molecule has 0 saturated heterocycles. The van der Waals surface area contributed by atoms with Crippen LogP contribution >= 0.6 is 0 Å². The van der Waals surface area contributed by atoms with Crippen molar-refractivity contribution in [3.8, 4) is 5.75 Å². The zero-order chi connectivity index (χ0) is 20.8. The van der Waals surface area contributed by atoms with Gasteiger partial charge in [0.1, 0.15) is 29.6 Å². The van der Waals surface area contributed by atoms with Crippen molar-refractivity contribution in [3.63, 3.8) is 0 Å². The van der Waals surface area contributed by atoms with E-state index in [1.54, 1.807) is 21.7 Å². The lowest BCUT2D eigenvalue weighted by Crippen LogP contribution is -2.51. The summed E-state index contributed by atoms with van der Waals surface area (Å²) in [4.78, 5) is 14.3. The average molecular weight is 411 g/mol. The molecule has 9 heteroatoms. The quantitative estimate of drug-likeness (QED) is 0.698. The first kappa shape index (κ1) is 19.7. The van der Waals surface area contributed by atoms with Crippen LogP contribution in [0.4, 0.5) is 17.6 Å². The van der Waals surface area contributed by atoms with Crippen LogP contribution in [0.1, 0.15) is 35.9 Å². The summed E-state index contributed by atoms with van der Waals surface area (Å²) in [5, 5.41) is 4.34. The van der Waals surface area contributed by atoms with Gasteiger partial charge in [0.15, 0.2) is 0 Å². The second-order valence-corrected chi connectivity index (χ2v) is 8.07. The average Bonchev–Trinajstić information content (AvgIpc) is 3.04. The molecular formula is C20H21F4N3O2. The number of carbonyl (C=O) groups is 1. The van der Waals surface area contributed by atoms with E-state index >= 15 is 0 Å². The largest absolute Gasteiger partial charge is 0.487 e. The lowest BCUT2D eigenvalue weighted by atomic mass is 9.62. The van der Waals surface area contributed by atoms with E-state index in [9.17, 15) is 22.4 Å². The van der Waals surface area contributed by atoms with Crippen LogP contribution in [0, 0.1) is 17.2 Å². The van der Waals surface area contributed by atoms with E-state index in [-0.39, 0.29) is 31.3 Å². The number of aromatic nitrogens is 2. The highest BCUT2D eigenvalue weighted by atomic mass is 19.4. The normalized spacial score (nSPS) is 24.2. The first-order valence-electron chi connectivity index (χ1n) is 9.46. The summed E-state index contributed by atoms with van der Waals surface area (Å²) in [6.45, 7) is 2.54. The first-order chi connectivity index (χ1) is 13.6. The summed E-state index contributed by atoms with van der Waals surface area (Å²) in [5.74, 6) is -0.422. The fraction of sp³-hybridized carbons (Fsp3) is 0.500. The van der Waals surface area contributed by atoms with Crippen LogP contribution in [-0.2, 0) is 13.2 Å². The summed E-state index contributed by atoms with van der Waals surface area (Å²) in [5.41, 5.74) is -0.709.